The molecular weight excluding hydrogens is 605 g/mol. The van der Waals surface area contributed by atoms with Crippen molar-refractivity contribution in [3.63, 3.8) is 0 Å². The van der Waals surface area contributed by atoms with Gasteiger partial charge >= 0.3 is 11.7 Å². The van der Waals surface area contributed by atoms with Crippen molar-refractivity contribution in [2.45, 2.75) is 6.54 Å². The Kier molecular flexibility index (Phi) is 7.47. The van der Waals surface area contributed by atoms with E-state index in [0.29, 0.717) is 38.3 Å². The molecule has 0 aliphatic heterocycles. The molecule has 11 nitrogen and oxygen atoms in total. The number of hydrogen-bond donors (Lipinski definition) is 1. The lowest BCUT2D eigenvalue weighted by atomic mass is 10.1. The number of nitriles is 1. The van der Waals surface area contributed by atoms with E-state index >= 15 is 0 Å². The number of halogens is 2. The van der Waals surface area contributed by atoms with Crippen LogP contribution in [0.25, 0.3) is 33.8 Å². The number of aromatic amines is 1. The lowest BCUT2D eigenvalue weighted by molar-refractivity contribution is 0.361. The molecular formula is C31H23Cl2N7O4. The first-order valence-electron chi connectivity index (χ1n) is 13.2. The van der Waals surface area contributed by atoms with Gasteiger partial charge in [-0.3, -0.25) is 18.5 Å². The Balaban J connectivity index is 1.43. The Morgan fingerprint density at radius 3 is 2.55 bits per heavy atom. The van der Waals surface area contributed by atoms with Crippen LogP contribution in [0.3, 0.4) is 0 Å². The van der Waals surface area contributed by atoms with Crippen molar-refractivity contribution >= 4 is 57.0 Å². The van der Waals surface area contributed by atoms with Crippen LogP contribution in [0.15, 0.2) is 70.3 Å². The van der Waals surface area contributed by atoms with E-state index in [9.17, 15) is 14.9 Å². The van der Waals surface area contributed by atoms with Gasteiger partial charge in [-0.05, 0) is 53.6 Å². The summed E-state index contributed by atoms with van der Waals surface area (Å²) in [5.74, 6) is 1.06. The van der Waals surface area contributed by atoms with Crippen LogP contribution in [0.5, 0.6) is 17.5 Å². The number of methoxy groups -OCH3 is 1. The van der Waals surface area contributed by atoms with E-state index in [4.69, 9.17) is 32.7 Å². The summed E-state index contributed by atoms with van der Waals surface area (Å²) in [5, 5.41) is 10.7. The first-order valence-corrected chi connectivity index (χ1v) is 14.0. The Morgan fingerprint density at radius 1 is 1.02 bits per heavy atom. The van der Waals surface area contributed by atoms with Crippen molar-refractivity contribution in [1.29, 1.82) is 5.26 Å². The number of imidazole rings is 2. The number of aromatic nitrogens is 6. The van der Waals surface area contributed by atoms with E-state index in [1.807, 2.05) is 24.3 Å². The summed E-state index contributed by atoms with van der Waals surface area (Å²) in [6.45, 7) is 0.0987. The molecule has 0 radical (unpaired) electrons. The molecule has 0 saturated carbocycles. The molecule has 0 saturated heterocycles. The molecule has 0 amide bonds. The number of ether oxygens (including phenoxy) is 2. The van der Waals surface area contributed by atoms with Crippen LogP contribution in [0.1, 0.15) is 17.0 Å². The maximum atomic E-state index is 13.3. The molecule has 0 fully saturated rings. The van der Waals surface area contributed by atoms with Crippen LogP contribution >= 0.6 is 23.2 Å². The van der Waals surface area contributed by atoms with Gasteiger partial charge in [0.15, 0.2) is 22.7 Å². The summed E-state index contributed by atoms with van der Waals surface area (Å²) in [5.41, 5.74) is 2.42. The third-order valence-electron chi connectivity index (χ3n) is 7.12. The lowest BCUT2D eigenvalue weighted by Gasteiger charge is -2.13. The number of aryl methyl sites for hydroxylation is 1. The summed E-state index contributed by atoms with van der Waals surface area (Å²) in [6, 6.07) is 19.9. The Hall–Kier alpha value is -5.31. The van der Waals surface area contributed by atoms with Crippen LogP contribution in [0.4, 0.5) is 0 Å². The summed E-state index contributed by atoms with van der Waals surface area (Å²) in [7, 11) is 4.40. The second-order valence-corrected chi connectivity index (χ2v) is 10.7. The van der Waals surface area contributed by atoms with Crippen LogP contribution in [-0.2, 0) is 20.6 Å². The fourth-order valence-electron chi connectivity index (χ4n) is 4.83. The highest BCUT2D eigenvalue weighted by Crippen LogP contribution is 2.35. The van der Waals surface area contributed by atoms with Crippen molar-refractivity contribution in [3.8, 4) is 23.6 Å². The molecule has 6 rings (SSSR count). The van der Waals surface area contributed by atoms with Crippen LogP contribution in [0, 0.1) is 11.3 Å². The van der Waals surface area contributed by atoms with Gasteiger partial charge in [-0.15, -0.1) is 0 Å². The fourth-order valence-corrected chi connectivity index (χ4v) is 5.30. The molecule has 0 aliphatic carbocycles. The maximum Gasteiger partial charge on any atom is 0.332 e. The minimum Gasteiger partial charge on any atom is -0.493 e. The number of nitrogens with one attached hydrogen (secondary N) is 1. The van der Waals surface area contributed by atoms with Crippen LogP contribution < -0.4 is 20.7 Å². The summed E-state index contributed by atoms with van der Waals surface area (Å²) in [6.07, 6.45) is 1.68. The van der Waals surface area contributed by atoms with Gasteiger partial charge in [-0.2, -0.15) is 10.2 Å². The molecule has 3 aromatic carbocycles. The largest absolute Gasteiger partial charge is 0.493 e. The zero-order valence-electron chi connectivity index (χ0n) is 23.6. The maximum absolute atomic E-state index is 13.3. The highest BCUT2D eigenvalue weighted by atomic mass is 35.5. The van der Waals surface area contributed by atoms with E-state index < -0.39 is 11.2 Å². The average molecular weight is 628 g/mol. The van der Waals surface area contributed by atoms with E-state index in [0.717, 1.165) is 15.6 Å². The number of para-hydroxylation sites is 2. The molecule has 220 valence electrons. The van der Waals surface area contributed by atoms with Crippen molar-refractivity contribution in [1.82, 2.24) is 28.7 Å². The number of nitrogens with zero attached hydrogens (tertiary/aromatic N) is 6. The molecule has 13 heteroatoms. The van der Waals surface area contributed by atoms with Gasteiger partial charge in [-0.25, -0.2) is 9.78 Å². The molecule has 0 atom stereocenters. The zero-order valence-corrected chi connectivity index (χ0v) is 25.1. The highest BCUT2D eigenvalue weighted by molar-refractivity contribution is 6.35. The molecule has 6 aromatic rings. The van der Waals surface area contributed by atoms with Crippen molar-refractivity contribution in [2.24, 2.45) is 14.1 Å². The quantitative estimate of drug-likeness (QED) is 0.230. The number of allylic oxidation sites excluding steroid dienone is 1. The zero-order chi connectivity index (χ0) is 31.1. The number of hydrogen-bond acceptors (Lipinski definition) is 7. The monoisotopic (exact) mass is 627 g/mol. The summed E-state index contributed by atoms with van der Waals surface area (Å²) >= 11 is 12.6. The standard InChI is InChI=1S/C31H23Cl2N7O4/c1-38-28-26(29(41)39(2)31(38)42)40(16-18-9-10-20(32)14-21(18)33)30(37-28)44-24-11-8-17(13-25(24)43-3)12-19(15-34)27-35-22-6-4-5-7-23(22)36-27/h4-14H,16H2,1-3H3,(H,35,36). The number of fused-ring (bicyclic) bond motifs is 2. The first-order chi connectivity index (χ1) is 21.2. The molecule has 44 heavy (non-hydrogen) atoms. The Bertz CT molecular complexity index is 2260. The molecule has 0 spiro atoms. The van der Waals surface area contributed by atoms with Crippen molar-refractivity contribution in [3.05, 3.63) is 108 Å². The minimum absolute atomic E-state index is 0.0332. The van der Waals surface area contributed by atoms with E-state index in [1.165, 1.54) is 25.8 Å². The average Bonchev–Trinajstić information content (AvgIpc) is 3.61. The van der Waals surface area contributed by atoms with E-state index in [2.05, 4.69) is 21.0 Å². The van der Waals surface area contributed by atoms with E-state index in [1.54, 1.807) is 47.0 Å². The van der Waals surface area contributed by atoms with Crippen LogP contribution in [0.2, 0.25) is 10.0 Å². The van der Waals surface area contributed by atoms with Crippen molar-refractivity contribution in [2.75, 3.05) is 7.11 Å². The molecule has 3 heterocycles. The number of rotatable bonds is 7. The third-order valence-corrected chi connectivity index (χ3v) is 7.71. The first kappa shape index (κ1) is 28.8. The van der Waals surface area contributed by atoms with Gasteiger partial charge < -0.3 is 14.5 Å². The second kappa shape index (κ2) is 11.4. The van der Waals surface area contributed by atoms with Gasteiger partial charge in [0, 0.05) is 24.1 Å². The van der Waals surface area contributed by atoms with Crippen LogP contribution in [-0.4, -0.2) is 35.8 Å². The normalized spacial score (nSPS) is 11.7. The molecule has 0 unspecified atom stereocenters. The topological polar surface area (TPSA) is 133 Å². The third kappa shape index (κ3) is 5.10. The lowest BCUT2D eigenvalue weighted by Crippen LogP contribution is -2.37. The predicted octanol–water partition coefficient (Wildman–Crippen LogP) is 5.53. The molecule has 3 aromatic heterocycles. The summed E-state index contributed by atoms with van der Waals surface area (Å²) < 4.78 is 15.7. The Morgan fingerprint density at radius 2 is 1.82 bits per heavy atom. The predicted molar refractivity (Wildman–Crippen MR) is 168 cm³/mol. The smallest absolute Gasteiger partial charge is 0.332 e. The van der Waals surface area contributed by atoms with Gasteiger partial charge in [-0.1, -0.05) is 47.5 Å². The van der Waals surface area contributed by atoms with Gasteiger partial charge in [0.1, 0.15) is 11.9 Å². The highest BCUT2D eigenvalue weighted by Gasteiger charge is 2.22. The molecule has 1 N–H and O–H groups in total. The number of H-pyrrole nitrogens is 1. The minimum atomic E-state index is -0.544. The SMILES string of the molecule is COc1cc(C=C(C#N)c2nc3ccccc3[nH]2)ccc1Oc1nc2c(c(=O)n(C)c(=O)n2C)n1Cc1ccc(Cl)cc1Cl. The Labute approximate surface area is 259 Å². The molecule has 0 bridgehead atoms. The molecule has 0 aliphatic rings. The van der Waals surface area contributed by atoms with Gasteiger partial charge in [0.05, 0.1) is 30.3 Å². The van der Waals surface area contributed by atoms with Gasteiger partial charge in [0.2, 0.25) is 0 Å². The second-order valence-electron chi connectivity index (χ2n) is 9.88. The fraction of sp³-hybridized carbons (Fsp3) is 0.129. The number of benzene rings is 3. The van der Waals surface area contributed by atoms with Gasteiger partial charge in [0.25, 0.3) is 5.56 Å². The van der Waals surface area contributed by atoms with E-state index in [-0.39, 0.29) is 29.5 Å². The van der Waals surface area contributed by atoms with Crippen molar-refractivity contribution < 1.29 is 9.47 Å². The summed E-state index contributed by atoms with van der Waals surface area (Å²) in [4.78, 5) is 38.2.